The zero-order valence-corrected chi connectivity index (χ0v) is 13.1. The Morgan fingerprint density at radius 1 is 1.05 bits per heavy atom. The molecule has 0 unspecified atom stereocenters. The fourth-order valence-electron chi connectivity index (χ4n) is 1.60. The molecule has 108 valence electrons. The second-order valence-corrected chi connectivity index (χ2v) is 9.54. The summed E-state index contributed by atoms with van der Waals surface area (Å²) >= 11 is 1.09. The summed E-state index contributed by atoms with van der Waals surface area (Å²) in [6.45, 7) is 0.267. The molecule has 0 spiro atoms. The smallest absolute Gasteiger partial charge is 0.216 e. The van der Waals surface area contributed by atoms with E-state index in [0.717, 1.165) is 22.5 Å². The summed E-state index contributed by atoms with van der Waals surface area (Å²) in [5.74, 6) is 0. The Balaban J connectivity index is 2.55. The van der Waals surface area contributed by atoms with Crippen LogP contribution >= 0.6 is 11.3 Å². The van der Waals surface area contributed by atoms with Gasteiger partial charge in [0.2, 0.25) is 9.84 Å². The van der Waals surface area contributed by atoms with Crippen LogP contribution in [0.15, 0.2) is 50.4 Å². The van der Waals surface area contributed by atoms with Crippen LogP contribution in [-0.4, -0.2) is 23.1 Å². The zero-order chi connectivity index (χ0) is 15.0. The monoisotopic (exact) mass is 331 g/mol. The van der Waals surface area contributed by atoms with Crippen LogP contribution in [0.4, 0.5) is 0 Å². The van der Waals surface area contributed by atoms with Crippen LogP contribution in [0.25, 0.3) is 0 Å². The molecule has 0 aliphatic carbocycles. The van der Waals surface area contributed by atoms with E-state index in [1.165, 1.54) is 30.3 Å². The molecular weight excluding hydrogens is 318 g/mol. The third kappa shape index (κ3) is 2.93. The number of hydrogen-bond donors (Lipinski definition) is 1. The van der Waals surface area contributed by atoms with Crippen LogP contribution in [0, 0.1) is 0 Å². The minimum Gasteiger partial charge on any atom is -0.326 e. The van der Waals surface area contributed by atoms with Crippen molar-refractivity contribution < 1.29 is 16.8 Å². The Morgan fingerprint density at radius 2 is 1.70 bits per heavy atom. The van der Waals surface area contributed by atoms with Gasteiger partial charge < -0.3 is 5.73 Å². The van der Waals surface area contributed by atoms with Gasteiger partial charge >= 0.3 is 0 Å². The van der Waals surface area contributed by atoms with Gasteiger partial charge in [-0.1, -0.05) is 6.07 Å². The molecule has 20 heavy (non-hydrogen) atoms. The molecule has 2 rings (SSSR count). The highest BCUT2D eigenvalue weighted by atomic mass is 32.2. The fraction of sp³-hybridized carbons (Fsp3) is 0.167. The Morgan fingerprint density at radius 3 is 2.25 bits per heavy atom. The maximum Gasteiger partial charge on any atom is 0.216 e. The first-order valence-corrected chi connectivity index (χ1v) is 9.78. The summed E-state index contributed by atoms with van der Waals surface area (Å²) in [6.07, 6.45) is 1.04. The minimum absolute atomic E-state index is 0.0193. The minimum atomic E-state index is -3.71. The third-order valence-corrected chi connectivity index (χ3v) is 7.11. The quantitative estimate of drug-likeness (QED) is 0.915. The van der Waals surface area contributed by atoms with E-state index in [2.05, 4.69) is 0 Å². The molecule has 8 heteroatoms. The van der Waals surface area contributed by atoms with Crippen molar-refractivity contribution in [2.45, 2.75) is 20.5 Å². The van der Waals surface area contributed by atoms with Gasteiger partial charge in [0.25, 0.3) is 0 Å². The molecule has 0 fully saturated rings. The highest BCUT2D eigenvalue weighted by Crippen LogP contribution is 2.28. The number of nitrogens with two attached hydrogens (primary N) is 1. The molecule has 2 aromatic rings. The van der Waals surface area contributed by atoms with Gasteiger partial charge in [-0.2, -0.15) is 0 Å². The van der Waals surface area contributed by atoms with Crippen LogP contribution in [0.2, 0.25) is 0 Å². The van der Waals surface area contributed by atoms with Crippen LogP contribution in [0.1, 0.15) is 4.88 Å². The Labute approximate surface area is 121 Å². The van der Waals surface area contributed by atoms with Crippen molar-refractivity contribution in [3.05, 3.63) is 41.3 Å². The third-order valence-electron chi connectivity index (χ3n) is 2.65. The molecule has 0 bridgehead atoms. The van der Waals surface area contributed by atoms with Crippen LogP contribution in [0.5, 0.6) is 0 Å². The molecule has 0 aliphatic heterocycles. The summed E-state index contributed by atoms with van der Waals surface area (Å²) < 4.78 is 48.0. The van der Waals surface area contributed by atoms with Crippen LogP contribution in [-0.2, 0) is 26.2 Å². The lowest BCUT2D eigenvalue weighted by Crippen LogP contribution is -2.03. The van der Waals surface area contributed by atoms with E-state index in [1.807, 2.05) is 0 Å². The van der Waals surface area contributed by atoms with Crippen molar-refractivity contribution in [2.24, 2.45) is 5.73 Å². The van der Waals surface area contributed by atoms with E-state index in [1.54, 1.807) is 6.07 Å². The highest BCUT2D eigenvalue weighted by Gasteiger charge is 2.21. The van der Waals surface area contributed by atoms with Crippen molar-refractivity contribution in [2.75, 3.05) is 6.26 Å². The van der Waals surface area contributed by atoms with Gasteiger partial charge in [-0.05, 0) is 30.3 Å². The molecule has 1 aromatic heterocycles. The van der Waals surface area contributed by atoms with Crippen molar-refractivity contribution >= 4 is 31.0 Å². The van der Waals surface area contributed by atoms with Gasteiger partial charge in [-0.15, -0.1) is 11.3 Å². The first kappa shape index (κ1) is 15.2. The maximum absolute atomic E-state index is 12.4. The Hall–Kier alpha value is -1.22. The van der Waals surface area contributed by atoms with E-state index in [-0.39, 0.29) is 20.5 Å². The lowest BCUT2D eigenvalue weighted by atomic mass is 10.4. The van der Waals surface area contributed by atoms with E-state index >= 15 is 0 Å². The largest absolute Gasteiger partial charge is 0.326 e. The van der Waals surface area contributed by atoms with Gasteiger partial charge in [0.05, 0.1) is 9.79 Å². The zero-order valence-electron chi connectivity index (χ0n) is 10.6. The second kappa shape index (κ2) is 5.28. The first-order chi connectivity index (χ1) is 9.25. The predicted octanol–water partition coefficient (Wildman–Crippen LogP) is 1.44. The van der Waals surface area contributed by atoms with Crippen molar-refractivity contribution in [3.63, 3.8) is 0 Å². The van der Waals surface area contributed by atoms with Gasteiger partial charge in [-0.3, -0.25) is 0 Å². The summed E-state index contributed by atoms with van der Waals surface area (Å²) in [5, 5.41) is 0. The first-order valence-electron chi connectivity index (χ1n) is 5.59. The van der Waals surface area contributed by atoms with Crippen molar-refractivity contribution in [1.82, 2.24) is 0 Å². The number of sulfone groups is 2. The molecule has 5 nitrogen and oxygen atoms in total. The SMILES string of the molecule is CS(=O)(=O)c1cccc(S(=O)(=O)c2ccc(CN)s2)c1. The molecule has 0 saturated heterocycles. The molecule has 1 heterocycles. The maximum atomic E-state index is 12.4. The van der Waals surface area contributed by atoms with E-state index in [9.17, 15) is 16.8 Å². The molecule has 0 radical (unpaired) electrons. The van der Waals surface area contributed by atoms with E-state index in [0.29, 0.717) is 0 Å². The molecule has 2 N–H and O–H groups in total. The van der Waals surface area contributed by atoms with Gasteiger partial charge in [0.15, 0.2) is 9.84 Å². The summed E-state index contributed by atoms with van der Waals surface area (Å²) in [7, 11) is -7.16. The predicted molar refractivity (Wildman–Crippen MR) is 77.2 cm³/mol. The lowest BCUT2D eigenvalue weighted by molar-refractivity contribution is 0.597. The second-order valence-electron chi connectivity index (χ2n) is 4.18. The molecular formula is C12H13NO4S3. The average molecular weight is 331 g/mol. The average Bonchev–Trinajstić information content (AvgIpc) is 2.87. The van der Waals surface area contributed by atoms with E-state index < -0.39 is 19.7 Å². The van der Waals surface area contributed by atoms with Crippen LogP contribution in [0.3, 0.4) is 0 Å². The van der Waals surface area contributed by atoms with Gasteiger partial charge in [0, 0.05) is 17.7 Å². The van der Waals surface area contributed by atoms with Crippen molar-refractivity contribution in [1.29, 1.82) is 0 Å². The molecule has 0 atom stereocenters. The Kier molecular flexibility index (Phi) is 4.01. The number of benzene rings is 1. The number of thiophene rings is 1. The fourth-order valence-corrected chi connectivity index (χ4v) is 5.02. The lowest BCUT2D eigenvalue weighted by Gasteiger charge is -2.04. The topological polar surface area (TPSA) is 94.3 Å². The molecule has 0 amide bonds. The standard InChI is InChI=1S/C12H13NO4S3/c1-19(14,15)10-3-2-4-11(7-10)20(16,17)12-6-5-9(8-13)18-12/h2-7H,8,13H2,1H3. The molecule has 0 aliphatic rings. The Bertz CT molecular complexity index is 835. The highest BCUT2D eigenvalue weighted by molar-refractivity contribution is 7.93. The molecule has 0 saturated carbocycles. The van der Waals surface area contributed by atoms with Crippen molar-refractivity contribution in [3.8, 4) is 0 Å². The number of hydrogen-bond acceptors (Lipinski definition) is 6. The number of rotatable bonds is 4. The van der Waals surface area contributed by atoms with E-state index in [4.69, 9.17) is 5.73 Å². The van der Waals surface area contributed by atoms with Gasteiger partial charge in [0.1, 0.15) is 4.21 Å². The van der Waals surface area contributed by atoms with Gasteiger partial charge in [-0.25, -0.2) is 16.8 Å². The molecule has 1 aromatic carbocycles. The summed E-state index contributed by atoms with van der Waals surface area (Å²) in [6, 6.07) is 8.47. The van der Waals surface area contributed by atoms with Crippen LogP contribution < -0.4 is 5.73 Å². The summed E-state index contributed by atoms with van der Waals surface area (Å²) in [5.41, 5.74) is 5.46. The normalized spacial score (nSPS) is 12.5. The summed E-state index contributed by atoms with van der Waals surface area (Å²) in [4.78, 5) is 0.697.